The molecule has 0 heteroatoms. The minimum Gasteiger partial charge on any atom is -0.0651 e. The lowest BCUT2D eigenvalue weighted by Crippen LogP contribution is -1.86. The maximum atomic E-state index is 2.36. The molecular weight excluding hydrogens is 108 g/mol. The van der Waals surface area contributed by atoms with Crippen LogP contribution in [0.1, 0.15) is 26.2 Å². The molecule has 3 aliphatic carbocycles. The highest BCUT2D eigenvalue weighted by molar-refractivity contribution is 5.14. The SMILES string of the molecule is CCC1C2CC3CC3C12. The van der Waals surface area contributed by atoms with Crippen molar-refractivity contribution < 1.29 is 0 Å². The summed E-state index contributed by atoms with van der Waals surface area (Å²) >= 11 is 0. The average molecular weight is 122 g/mol. The summed E-state index contributed by atoms with van der Waals surface area (Å²) in [5.74, 6) is 6.11. The van der Waals surface area contributed by atoms with Crippen LogP contribution >= 0.6 is 0 Å². The van der Waals surface area contributed by atoms with Crippen molar-refractivity contribution in [3.05, 3.63) is 0 Å². The summed E-state index contributed by atoms with van der Waals surface area (Å²) in [6.07, 6.45) is 4.70. The van der Waals surface area contributed by atoms with Crippen LogP contribution in [0.15, 0.2) is 0 Å². The van der Waals surface area contributed by atoms with Crippen molar-refractivity contribution in [3.63, 3.8) is 0 Å². The summed E-state index contributed by atoms with van der Waals surface area (Å²) in [6, 6.07) is 0. The lowest BCUT2D eigenvalue weighted by Gasteiger charge is -1.94. The van der Waals surface area contributed by atoms with Gasteiger partial charge in [-0.25, -0.2) is 0 Å². The Morgan fingerprint density at radius 3 is 2.56 bits per heavy atom. The van der Waals surface area contributed by atoms with Gasteiger partial charge in [0.25, 0.3) is 0 Å². The molecule has 0 amide bonds. The van der Waals surface area contributed by atoms with Gasteiger partial charge in [-0.05, 0) is 42.4 Å². The van der Waals surface area contributed by atoms with Crippen molar-refractivity contribution in [2.45, 2.75) is 26.2 Å². The molecule has 0 radical (unpaired) electrons. The van der Waals surface area contributed by atoms with Gasteiger partial charge in [0.1, 0.15) is 0 Å². The van der Waals surface area contributed by atoms with Crippen LogP contribution in [0.4, 0.5) is 0 Å². The van der Waals surface area contributed by atoms with E-state index < -0.39 is 0 Å². The van der Waals surface area contributed by atoms with E-state index in [0.29, 0.717) is 0 Å². The molecule has 0 N–H and O–H groups in total. The van der Waals surface area contributed by atoms with Crippen LogP contribution in [0.3, 0.4) is 0 Å². The monoisotopic (exact) mass is 122 g/mol. The standard InChI is InChI=1S/C9H14/c1-2-6-8-4-5-3-7(5)9(6)8/h5-9H,2-4H2,1H3. The molecule has 9 heavy (non-hydrogen) atoms. The van der Waals surface area contributed by atoms with Crippen LogP contribution in [-0.2, 0) is 0 Å². The zero-order valence-corrected chi connectivity index (χ0v) is 6.01. The number of hydrogen-bond donors (Lipinski definition) is 0. The zero-order valence-electron chi connectivity index (χ0n) is 6.01. The molecule has 0 nitrogen and oxygen atoms in total. The molecule has 0 aromatic carbocycles. The van der Waals surface area contributed by atoms with E-state index in [0.717, 1.165) is 0 Å². The summed E-state index contributed by atoms with van der Waals surface area (Å²) in [7, 11) is 0. The fourth-order valence-corrected chi connectivity index (χ4v) is 3.38. The second kappa shape index (κ2) is 1.21. The first-order chi connectivity index (χ1) is 4.42. The summed E-state index contributed by atoms with van der Waals surface area (Å²) in [6.45, 7) is 2.36. The fourth-order valence-electron chi connectivity index (χ4n) is 3.38. The molecule has 0 bridgehead atoms. The Kier molecular flexibility index (Phi) is 0.640. The third-order valence-corrected chi connectivity index (χ3v) is 3.92. The van der Waals surface area contributed by atoms with E-state index in [9.17, 15) is 0 Å². The third kappa shape index (κ3) is 0.426. The Morgan fingerprint density at radius 2 is 2.00 bits per heavy atom. The van der Waals surface area contributed by atoms with Gasteiger partial charge < -0.3 is 0 Å². The highest BCUT2D eigenvalue weighted by Crippen LogP contribution is 2.73. The van der Waals surface area contributed by atoms with Crippen LogP contribution in [0.2, 0.25) is 0 Å². The maximum absolute atomic E-state index is 2.36. The first-order valence-corrected chi connectivity index (χ1v) is 4.42. The molecule has 3 aliphatic rings. The lowest BCUT2D eigenvalue weighted by molar-refractivity contribution is 0.556. The normalized spacial score (nSPS) is 67.0. The second-order valence-corrected chi connectivity index (χ2v) is 4.21. The lowest BCUT2D eigenvalue weighted by atomic mass is 10.1. The Balaban J connectivity index is 1.79. The average Bonchev–Trinajstić information content (AvgIpc) is 2.72. The predicted octanol–water partition coefficient (Wildman–Crippen LogP) is 2.30. The predicted molar refractivity (Wildman–Crippen MR) is 37.0 cm³/mol. The summed E-state index contributed by atoms with van der Waals surface area (Å²) in [5, 5.41) is 0. The van der Waals surface area contributed by atoms with Gasteiger partial charge in [0, 0.05) is 0 Å². The smallest absolute Gasteiger partial charge is 0.0321 e. The van der Waals surface area contributed by atoms with Crippen molar-refractivity contribution in [2.24, 2.45) is 29.6 Å². The Hall–Kier alpha value is 0. The first kappa shape index (κ1) is 4.76. The van der Waals surface area contributed by atoms with E-state index in [1.807, 2.05) is 0 Å². The molecule has 0 aliphatic heterocycles. The quantitative estimate of drug-likeness (QED) is 0.500. The molecule has 3 saturated carbocycles. The zero-order chi connectivity index (χ0) is 6.01. The van der Waals surface area contributed by atoms with Crippen LogP contribution in [0.5, 0.6) is 0 Å². The van der Waals surface area contributed by atoms with E-state index in [1.165, 1.54) is 36.0 Å². The van der Waals surface area contributed by atoms with Gasteiger partial charge in [-0.15, -0.1) is 0 Å². The molecular formula is C9H14. The third-order valence-electron chi connectivity index (χ3n) is 3.92. The van der Waals surface area contributed by atoms with Gasteiger partial charge in [0.2, 0.25) is 0 Å². The van der Waals surface area contributed by atoms with Gasteiger partial charge in [-0.3, -0.25) is 0 Å². The molecule has 0 aromatic heterocycles. The molecule has 0 heterocycles. The molecule has 0 spiro atoms. The van der Waals surface area contributed by atoms with E-state index in [-0.39, 0.29) is 0 Å². The van der Waals surface area contributed by atoms with Gasteiger partial charge in [0.15, 0.2) is 0 Å². The Morgan fingerprint density at radius 1 is 1.22 bits per heavy atom. The Labute approximate surface area is 56.6 Å². The first-order valence-electron chi connectivity index (χ1n) is 4.42. The van der Waals surface area contributed by atoms with Crippen LogP contribution < -0.4 is 0 Å². The maximum Gasteiger partial charge on any atom is -0.0321 e. The molecule has 0 saturated heterocycles. The van der Waals surface area contributed by atoms with E-state index in [2.05, 4.69) is 6.92 Å². The molecule has 3 rings (SSSR count). The number of hydrogen-bond acceptors (Lipinski definition) is 0. The van der Waals surface area contributed by atoms with Crippen LogP contribution in [0, 0.1) is 29.6 Å². The molecule has 5 atom stereocenters. The van der Waals surface area contributed by atoms with Gasteiger partial charge in [0.05, 0.1) is 0 Å². The second-order valence-electron chi connectivity index (χ2n) is 4.21. The number of rotatable bonds is 1. The highest BCUT2D eigenvalue weighted by Gasteiger charge is 2.66. The molecule has 3 fully saturated rings. The van der Waals surface area contributed by atoms with E-state index in [1.54, 1.807) is 12.8 Å². The highest BCUT2D eigenvalue weighted by atomic mass is 14.7. The van der Waals surface area contributed by atoms with Crippen LogP contribution in [-0.4, -0.2) is 0 Å². The molecule has 50 valence electrons. The van der Waals surface area contributed by atoms with Crippen molar-refractivity contribution >= 4 is 0 Å². The minimum absolute atomic E-state index is 1.19. The summed E-state index contributed by atoms with van der Waals surface area (Å²) in [5.41, 5.74) is 0. The molecule has 0 aromatic rings. The van der Waals surface area contributed by atoms with Gasteiger partial charge in [-0.2, -0.15) is 0 Å². The van der Waals surface area contributed by atoms with Crippen molar-refractivity contribution in [1.29, 1.82) is 0 Å². The van der Waals surface area contributed by atoms with Crippen LogP contribution in [0.25, 0.3) is 0 Å². The summed E-state index contributed by atoms with van der Waals surface area (Å²) < 4.78 is 0. The topological polar surface area (TPSA) is 0 Å². The summed E-state index contributed by atoms with van der Waals surface area (Å²) in [4.78, 5) is 0. The van der Waals surface area contributed by atoms with Gasteiger partial charge >= 0.3 is 0 Å². The largest absolute Gasteiger partial charge is 0.0651 e. The number of fused-ring (bicyclic) bond motifs is 3. The van der Waals surface area contributed by atoms with Crippen molar-refractivity contribution in [1.82, 2.24) is 0 Å². The fraction of sp³-hybridized carbons (Fsp3) is 1.00. The van der Waals surface area contributed by atoms with E-state index >= 15 is 0 Å². The molecule has 5 unspecified atom stereocenters. The Bertz CT molecular complexity index is 146. The van der Waals surface area contributed by atoms with E-state index in [4.69, 9.17) is 0 Å². The minimum atomic E-state index is 1.19. The van der Waals surface area contributed by atoms with Gasteiger partial charge in [-0.1, -0.05) is 13.3 Å². The van der Waals surface area contributed by atoms with Crippen molar-refractivity contribution in [3.8, 4) is 0 Å². The van der Waals surface area contributed by atoms with Crippen molar-refractivity contribution in [2.75, 3.05) is 0 Å².